The number of anilines is 1. The second-order valence-corrected chi connectivity index (χ2v) is 6.50. The van der Waals surface area contributed by atoms with Crippen LogP contribution in [0.25, 0.3) is 0 Å². The molecule has 0 saturated carbocycles. The van der Waals surface area contributed by atoms with E-state index in [-0.39, 0.29) is 11.4 Å². The summed E-state index contributed by atoms with van der Waals surface area (Å²) in [6.45, 7) is 4.62. The van der Waals surface area contributed by atoms with E-state index in [2.05, 4.69) is 27.1 Å². The standard InChI is InChI=1S/C16H25N5O/c1-20-9-10-21(11-13-3-2-7-19-15(13)17)12-16(20)5-4-14(22)18-8-6-16/h2-3,7H,4-6,8-12H2,1H3,(H2,17,19)(H,18,22). The largest absolute Gasteiger partial charge is 0.383 e. The third kappa shape index (κ3) is 3.08. The van der Waals surface area contributed by atoms with Crippen molar-refractivity contribution in [3.05, 3.63) is 23.9 Å². The van der Waals surface area contributed by atoms with Crippen LogP contribution in [0.3, 0.4) is 0 Å². The van der Waals surface area contributed by atoms with Gasteiger partial charge in [0.05, 0.1) is 0 Å². The Hall–Kier alpha value is -1.66. The average molecular weight is 303 g/mol. The van der Waals surface area contributed by atoms with Crippen molar-refractivity contribution in [1.82, 2.24) is 20.1 Å². The number of nitrogens with two attached hydrogens (primary N) is 1. The van der Waals surface area contributed by atoms with Gasteiger partial charge in [0, 0.05) is 56.4 Å². The molecule has 3 rings (SSSR count). The Morgan fingerprint density at radius 3 is 3.09 bits per heavy atom. The van der Waals surface area contributed by atoms with Crippen LogP contribution in [0, 0.1) is 0 Å². The Morgan fingerprint density at radius 1 is 1.41 bits per heavy atom. The van der Waals surface area contributed by atoms with Crippen molar-refractivity contribution in [3.63, 3.8) is 0 Å². The van der Waals surface area contributed by atoms with Gasteiger partial charge in [-0.25, -0.2) is 4.98 Å². The Morgan fingerprint density at radius 2 is 2.27 bits per heavy atom. The second kappa shape index (κ2) is 6.22. The number of carbonyl (C=O) groups is 1. The first kappa shape index (κ1) is 15.2. The molecule has 22 heavy (non-hydrogen) atoms. The minimum Gasteiger partial charge on any atom is -0.383 e. The zero-order chi connectivity index (χ0) is 15.6. The molecule has 1 spiro atoms. The quantitative estimate of drug-likeness (QED) is 0.830. The van der Waals surface area contributed by atoms with Crippen molar-refractivity contribution in [2.45, 2.75) is 31.3 Å². The number of rotatable bonds is 2. The summed E-state index contributed by atoms with van der Waals surface area (Å²) in [4.78, 5) is 20.7. The SMILES string of the molecule is CN1CCN(Cc2cccnc2N)CC12CCNC(=O)CC2. The summed E-state index contributed by atoms with van der Waals surface area (Å²) >= 11 is 0. The van der Waals surface area contributed by atoms with Gasteiger partial charge >= 0.3 is 0 Å². The smallest absolute Gasteiger partial charge is 0.220 e. The van der Waals surface area contributed by atoms with Crippen molar-refractivity contribution in [1.29, 1.82) is 0 Å². The van der Waals surface area contributed by atoms with Gasteiger partial charge in [-0.15, -0.1) is 0 Å². The number of carbonyl (C=O) groups excluding carboxylic acids is 1. The van der Waals surface area contributed by atoms with Gasteiger partial charge < -0.3 is 11.1 Å². The molecular weight excluding hydrogens is 278 g/mol. The summed E-state index contributed by atoms with van der Waals surface area (Å²) in [6.07, 6.45) is 4.28. The maximum Gasteiger partial charge on any atom is 0.220 e. The summed E-state index contributed by atoms with van der Waals surface area (Å²) in [5.41, 5.74) is 7.15. The number of nitrogens with one attached hydrogen (secondary N) is 1. The number of piperazine rings is 1. The predicted octanol–water partition coefficient (Wildman–Crippen LogP) is 0.450. The fourth-order valence-electron chi connectivity index (χ4n) is 3.64. The molecule has 1 aromatic rings. The third-order valence-electron chi connectivity index (χ3n) is 5.13. The number of aromatic nitrogens is 1. The minimum atomic E-state index is 0.0916. The average Bonchev–Trinajstić information content (AvgIpc) is 2.69. The molecule has 1 unspecified atom stereocenters. The van der Waals surface area contributed by atoms with Gasteiger partial charge in [0.25, 0.3) is 0 Å². The minimum absolute atomic E-state index is 0.0916. The number of pyridine rings is 1. The number of hydrogen-bond donors (Lipinski definition) is 2. The monoisotopic (exact) mass is 303 g/mol. The highest BCUT2D eigenvalue weighted by molar-refractivity contribution is 5.76. The molecule has 2 fully saturated rings. The van der Waals surface area contributed by atoms with Crippen LogP contribution in [0.2, 0.25) is 0 Å². The van der Waals surface area contributed by atoms with Gasteiger partial charge in [0.15, 0.2) is 0 Å². The van der Waals surface area contributed by atoms with E-state index < -0.39 is 0 Å². The van der Waals surface area contributed by atoms with E-state index in [4.69, 9.17) is 5.73 Å². The van der Waals surface area contributed by atoms with Gasteiger partial charge in [0.2, 0.25) is 5.91 Å². The lowest BCUT2D eigenvalue weighted by atomic mass is 9.86. The molecule has 120 valence electrons. The highest BCUT2D eigenvalue weighted by Gasteiger charge is 2.40. The molecule has 1 aromatic heterocycles. The number of likely N-dealkylation sites (N-methyl/N-ethyl adjacent to an activating group) is 1. The highest BCUT2D eigenvalue weighted by atomic mass is 16.1. The Balaban J connectivity index is 1.73. The first-order valence-corrected chi connectivity index (χ1v) is 7.99. The Labute approximate surface area is 131 Å². The number of nitrogens with zero attached hydrogens (tertiary/aromatic N) is 3. The van der Waals surface area contributed by atoms with E-state index >= 15 is 0 Å². The maximum atomic E-state index is 11.7. The number of amides is 1. The van der Waals surface area contributed by atoms with E-state index in [0.717, 1.165) is 51.1 Å². The molecule has 0 aliphatic carbocycles. The topological polar surface area (TPSA) is 74.5 Å². The molecule has 1 amide bonds. The highest BCUT2D eigenvalue weighted by Crippen LogP contribution is 2.31. The van der Waals surface area contributed by atoms with Crippen LogP contribution < -0.4 is 11.1 Å². The fourth-order valence-corrected chi connectivity index (χ4v) is 3.64. The first-order chi connectivity index (χ1) is 10.6. The van der Waals surface area contributed by atoms with Crippen molar-refractivity contribution in [2.75, 3.05) is 39.0 Å². The summed E-state index contributed by atoms with van der Waals surface area (Å²) in [5.74, 6) is 0.798. The molecule has 3 heterocycles. The van der Waals surface area contributed by atoms with Gasteiger partial charge in [-0.3, -0.25) is 14.6 Å². The molecule has 2 aliphatic rings. The van der Waals surface area contributed by atoms with Gasteiger partial charge in [0.1, 0.15) is 5.82 Å². The van der Waals surface area contributed by atoms with Crippen molar-refractivity contribution in [2.24, 2.45) is 0 Å². The van der Waals surface area contributed by atoms with Gasteiger partial charge in [-0.05, 0) is 26.0 Å². The van der Waals surface area contributed by atoms with Crippen molar-refractivity contribution < 1.29 is 4.79 Å². The number of nitrogen functional groups attached to an aromatic ring is 1. The van der Waals surface area contributed by atoms with E-state index in [1.807, 2.05) is 12.1 Å². The number of hydrogen-bond acceptors (Lipinski definition) is 5. The fraction of sp³-hybridized carbons (Fsp3) is 0.625. The zero-order valence-corrected chi connectivity index (χ0v) is 13.2. The Bertz CT molecular complexity index is 549. The van der Waals surface area contributed by atoms with Crippen molar-refractivity contribution in [3.8, 4) is 0 Å². The summed E-state index contributed by atoms with van der Waals surface area (Å²) in [6, 6.07) is 3.98. The molecule has 0 bridgehead atoms. The molecule has 0 aromatic carbocycles. The van der Waals surface area contributed by atoms with Gasteiger partial charge in [-0.1, -0.05) is 6.07 Å². The summed E-state index contributed by atoms with van der Waals surface area (Å²) in [5, 5.41) is 3.00. The Kier molecular flexibility index (Phi) is 4.31. The molecule has 6 nitrogen and oxygen atoms in total. The van der Waals surface area contributed by atoms with E-state index in [1.54, 1.807) is 6.20 Å². The van der Waals surface area contributed by atoms with E-state index in [9.17, 15) is 4.79 Å². The molecule has 3 N–H and O–H groups in total. The van der Waals surface area contributed by atoms with E-state index in [1.165, 1.54) is 0 Å². The molecule has 2 saturated heterocycles. The molecule has 2 aliphatic heterocycles. The normalized spacial score (nSPS) is 27.6. The summed E-state index contributed by atoms with van der Waals surface area (Å²) < 4.78 is 0. The van der Waals surface area contributed by atoms with Crippen LogP contribution >= 0.6 is 0 Å². The van der Waals surface area contributed by atoms with Crippen LogP contribution in [0.1, 0.15) is 24.8 Å². The van der Waals surface area contributed by atoms with Gasteiger partial charge in [-0.2, -0.15) is 0 Å². The zero-order valence-electron chi connectivity index (χ0n) is 13.2. The lowest BCUT2D eigenvalue weighted by Crippen LogP contribution is -2.60. The second-order valence-electron chi connectivity index (χ2n) is 6.50. The van der Waals surface area contributed by atoms with Crippen LogP contribution in [-0.4, -0.2) is 59.5 Å². The third-order valence-corrected chi connectivity index (χ3v) is 5.13. The molecule has 6 heteroatoms. The lowest BCUT2D eigenvalue weighted by Gasteiger charge is -2.49. The predicted molar refractivity (Wildman–Crippen MR) is 86.1 cm³/mol. The first-order valence-electron chi connectivity index (χ1n) is 7.99. The van der Waals surface area contributed by atoms with E-state index in [0.29, 0.717) is 12.2 Å². The van der Waals surface area contributed by atoms with Crippen LogP contribution in [-0.2, 0) is 11.3 Å². The van der Waals surface area contributed by atoms with Crippen LogP contribution in [0.15, 0.2) is 18.3 Å². The van der Waals surface area contributed by atoms with Crippen LogP contribution in [0.4, 0.5) is 5.82 Å². The molecule has 0 radical (unpaired) electrons. The molecular formula is C16H25N5O. The maximum absolute atomic E-state index is 11.7. The van der Waals surface area contributed by atoms with Crippen LogP contribution in [0.5, 0.6) is 0 Å². The summed E-state index contributed by atoms with van der Waals surface area (Å²) in [7, 11) is 2.19. The molecule has 1 atom stereocenters. The lowest BCUT2D eigenvalue weighted by molar-refractivity contribution is -0.121. The van der Waals surface area contributed by atoms with Crippen molar-refractivity contribution >= 4 is 11.7 Å².